The fourth-order valence-corrected chi connectivity index (χ4v) is 3.13. The second kappa shape index (κ2) is 4.27. The van der Waals surface area contributed by atoms with Crippen LogP contribution in [-0.4, -0.2) is 31.2 Å². The molecule has 0 unspecified atom stereocenters. The zero-order valence-electron chi connectivity index (χ0n) is 9.94. The van der Waals surface area contributed by atoms with Gasteiger partial charge in [0.1, 0.15) is 11.9 Å². The van der Waals surface area contributed by atoms with E-state index < -0.39 is 9.84 Å². The fourth-order valence-electron chi connectivity index (χ4n) is 1.95. The molecule has 0 spiro atoms. The van der Waals surface area contributed by atoms with Gasteiger partial charge in [0.15, 0.2) is 21.4 Å². The second-order valence-corrected chi connectivity index (χ2v) is 6.58. The highest BCUT2D eigenvalue weighted by atomic mass is 32.2. The van der Waals surface area contributed by atoms with Gasteiger partial charge >= 0.3 is 0 Å². The van der Waals surface area contributed by atoms with Gasteiger partial charge in [0.05, 0.1) is 17.1 Å². The van der Waals surface area contributed by atoms with Crippen LogP contribution in [0.3, 0.4) is 0 Å². The minimum atomic E-state index is -2.90. The predicted molar refractivity (Wildman–Crippen MR) is 69.4 cm³/mol. The Hall–Kier alpha value is -2.02. The molecule has 1 aromatic heterocycles. The molecule has 0 aliphatic carbocycles. The van der Waals surface area contributed by atoms with Crippen LogP contribution in [0.25, 0.3) is 11.3 Å². The third-order valence-electron chi connectivity index (χ3n) is 2.85. The van der Waals surface area contributed by atoms with Gasteiger partial charge in [-0.1, -0.05) is 17.3 Å². The van der Waals surface area contributed by atoms with E-state index in [0.29, 0.717) is 17.1 Å². The van der Waals surface area contributed by atoms with E-state index in [1.807, 2.05) is 18.2 Å². The van der Waals surface area contributed by atoms with E-state index >= 15 is 0 Å². The molecule has 19 heavy (non-hydrogen) atoms. The summed E-state index contributed by atoms with van der Waals surface area (Å²) >= 11 is 0. The van der Waals surface area contributed by atoms with Crippen LogP contribution in [0.5, 0.6) is 5.75 Å². The van der Waals surface area contributed by atoms with Crippen LogP contribution in [0.2, 0.25) is 0 Å². The Labute approximate surface area is 110 Å². The molecule has 0 atom stereocenters. The molecule has 0 amide bonds. The predicted octanol–water partition coefficient (Wildman–Crippen LogP) is 1.10. The molecule has 1 aliphatic heterocycles. The highest BCUT2D eigenvalue weighted by Gasteiger charge is 2.35. The summed E-state index contributed by atoms with van der Waals surface area (Å²) in [5.74, 6) is 1.46. The molecule has 2 heterocycles. The largest absolute Gasteiger partial charge is 0.488 e. The van der Waals surface area contributed by atoms with Crippen LogP contribution < -0.4 is 10.5 Å². The van der Waals surface area contributed by atoms with Crippen LogP contribution in [-0.2, 0) is 9.84 Å². The van der Waals surface area contributed by atoms with Crippen molar-refractivity contribution in [3.63, 3.8) is 0 Å². The number of sulfone groups is 1. The first kappa shape index (κ1) is 12.0. The van der Waals surface area contributed by atoms with Crippen molar-refractivity contribution in [2.75, 3.05) is 17.2 Å². The third kappa shape index (κ3) is 2.41. The van der Waals surface area contributed by atoms with E-state index in [1.54, 1.807) is 12.1 Å². The molecule has 3 rings (SSSR count). The number of nitrogens with zero attached hydrogens (tertiary/aromatic N) is 1. The van der Waals surface area contributed by atoms with Gasteiger partial charge in [-0.2, -0.15) is 0 Å². The van der Waals surface area contributed by atoms with Crippen molar-refractivity contribution in [2.24, 2.45) is 0 Å². The number of nitrogen functional groups attached to an aromatic ring is 1. The molecule has 0 saturated carbocycles. The zero-order valence-corrected chi connectivity index (χ0v) is 10.8. The summed E-state index contributed by atoms with van der Waals surface area (Å²) in [6.07, 6.45) is -0.300. The van der Waals surface area contributed by atoms with E-state index in [2.05, 4.69) is 5.16 Å². The van der Waals surface area contributed by atoms with Crippen LogP contribution in [0.4, 0.5) is 5.82 Å². The molecule has 1 aromatic carbocycles. The monoisotopic (exact) mass is 280 g/mol. The summed E-state index contributed by atoms with van der Waals surface area (Å²) in [7, 11) is -2.90. The number of hydrogen-bond acceptors (Lipinski definition) is 6. The maximum atomic E-state index is 11.1. The van der Waals surface area contributed by atoms with Crippen molar-refractivity contribution in [1.82, 2.24) is 5.16 Å². The third-order valence-corrected chi connectivity index (χ3v) is 4.61. The minimum absolute atomic E-state index is 0.0554. The lowest BCUT2D eigenvalue weighted by atomic mass is 10.1. The van der Waals surface area contributed by atoms with Crippen LogP contribution >= 0.6 is 0 Å². The molecule has 0 bridgehead atoms. The van der Waals surface area contributed by atoms with Gasteiger partial charge in [-0.25, -0.2) is 8.42 Å². The summed E-state index contributed by atoms with van der Waals surface area (Å²) in [6.45, 7) is 0. The minimum Gasteiger partial charge on any atom is -0.488 e. The van der Waals surface area contributed by atoms with Gasteiger partial charge < -0.3 is 15.0 Å². The average Bonchev–Trinajstić information content (AvgIpc) is 2.74. The maximum Gasteiger partial charge on any atom is 0.172 e. The smallest absolute Gasteiger partial charge is 0.172 e. The molecular weight excluding hydrogens is 268 g/mol. The van der Waals surface area contributed by atoms with Crippen molar-refractivity contribution in [3.05, 3.63) is 30.3 Å². The van der Waals surface area contributed by atoms with Gasteiger partial charge in [0.25, 0.3) is 0 Å². The number of anilines is 1. The molecule has 2 aromatic rings. The van der Waals surface area contributed by atoms with Gasteiger partial charge in [0.2, 0.25) is 0 Å². The lowest BCUT2D eigenvalue weighted by Crippen LogP contribution is -2.45. The Balaban J connectivity index is 1.86. The Morgan fingerprint density at radius 3 is 2.68 bits per heavy atom. The normalized spacial score (nSPS) is 17.9. The number of rotatable bonds is 3. The van der Waals surface area contributed by atoms with Gasteiger partial charge in [0, 0.05) is 6.07 Å². The van der Waals surface area contributed by atoms with E-state index in [4.69, 9.17) is 15.0 Å². The Kier molecular flexibility index (Phi) is 2.70. The van der Waals surface area contributed by atoms with Gasteiger partial charge in [-0.3, -0.25) is 0 Å². The van der Waals surface area contributed by atoms with Crippen molar-refractivity contribution in [2.45, 2.75) is 6.10 Å². The highest BCUT2D eigenvalue weighted by molar-refractivity contribution is 7.92. The number of benzene rings is 1. The quantitative estimate of drug-likeness (QED) is 0.904. The molecule has 7 heteroatoms. The summed E-state index contributed by atoms with van der Waals surface area (Å²) in [5, 5.41) is 3.62. The van der Waals surface area contributed by atoms with Crippen molar-refractivity contribution in [1.29, 1.82) is 0 Å². The molecule has 2 N–H and O–H groups in total. The molecule has 100 valence electrons. The first-order valence-electron chi connectivity index (χ1n) is 5.72. The topological polar surface area (TPSA) is 95.4 Å². The second-order valence-electron chi connectivity index (χ2n) is 4.43. The molecule has 1 saturated heterocycles. The van der Waals surface area contributed by atoms with Gasteiger partial charge in [-0.15, -0.1) is 0 Å². The lowest BCUT2D eigenvalue weighted by molar-refractivity contribution is 0.231. The Morgan fingerprint density at radius 1 is 1.32 bits per heavy atom. The summed E-state index contributed by atoms with van der Waals surface area (Å²) < 4.78 is 33.0. The van der Waals surface area contributed by atoms with E-state index in [1.165, 1.54) is 0 Å². The SMILES string of the molecule is Nc1cc(-c2ccccc2OC2CS(=O)(=O)C2)on1. The number of ether oxygens (including phenoxy) is 1. The Morgan fingerprint density at radius 2 is 2.05 bits per heavy atom. The standard InChI is InChI=1S/C12H12N2O4S/c13-12-5-11(18-14-12)9-3-1-2-4-10(9)17-8-6-19(15,16)7-8/h1-5,8H,6-7H2,(H2,13,14). The molecule has 0 radical (unpaired) electrons. The number of nitrogens with two attached hydrogens (primary N) is 1. The van der Waals surface area contributed by atoms with Crippen molar-refractivity contribution in [3.8, 4) is 17.1 Å². The van der Waals surface area contributed by atoms with E-state index in [-0.39, 0.29) is 23.4 Å². The van der Waals surface area contributed by atoms with E-state index in [9.17, 15) is 8.42 Å². The number of aromatic nitrogens is 1. The van der Waals surface area contributed by atoms with Crippen molar-refractivity contribution >= 4 is 15.7 Å². The maximum absolute atomic E-state index is 11.1. The lowest BCUT2D eigenvalue weighted by Gasteiger charge is -2.27. The van der Waals surface area contributed by atoms with E-state index in [0.717, 1.165) is 0 Å². The van der Waals surface area contributed by atoms with Crippen LogP contribution in [0, 0.1) is 0 Å². The molecule has 6 nitrogen and oxygen atoms in total. The first-order chi connectivity index (χ1) is 9.03. The van der Waals surface area contributed by atoms with Crippen LogP contribution in [0.1, 0.15) is 0 Å². The summed E-state index contributed by atoms with van der Waals surface area (Å²) in [4.78, 5) is 0. The number of hydrogen-bond donors (Lipinski definition) is 1. The summed E-state index contributed by atoms with van der Waals surface area (Å²) in [5.41, 5.74) is 6.22. The fraction of sp³-hybridized carbons (Fsp3) is 0.250. The first-order valence-corrected chi connectivity index (χ1v) is 7.54. The van der Waals surface area contributed by atoms with Crippen LogP contribution in [0.15, 0.2) is 34.9 Å². The average molecular weight is 280 g/mol. The number of para-hydroxylation sites is 1. The molecule has 1 fully saturated rings. The Bertz CT molecular complexity index is 696. The van der Waals surface area contributed by atoms with Crippen molar-refractivity contribution < 1.29 is 17.7 Å². The zero-order chi connectivity index (χ0) is 13.5. The molecule has 1 aliphatic rings. The summed E-state index contributed by atoms with van der Waals surface area (Å²) in [6, 6.07) is 8.81. The highest BCUT2D eigenvalue weighted by Crippen LogP contribution is 2.32. The molecular formula is C12H12N2O4S. The van der Waals surface area contributed by atoms with Gasteiger partial charge in [-0.05, 0) is 12.1 Å².